The molecule has 1 aromatic heterocycles. The number of carbonyl (C=O) groups is 1. The number of hydrogen-bond donors (Lipinski definition) is 1. The molecule has 94 valence electrons. The molecular weight excluding hydrogens is 216 g/mol. The van der Waals surface area contributed by atoms with Crippen molar-refractivity contribution in [3.8, 4) is 0 Å². The first kappa shape index (κ1) is 12.1. The predicted molar refractivity (Wildman–Crippen MR) is 65.3 cm³/mol. The van der Waals surface area contributed by atoms with Gasteiger partial charge >= 0.3 is 5.97 Å². The minimum atomic E-state index is -0.885. The third kappa shape index (κ3) is 2.35. The maximum atomic E-state index is 11.2. The van der Waals surface area contributed by atoms with Crippen molar-refractivity contribution in [2.45, 2.75) is 52.0 Å². The molecule has 4 nitrogen and oxygen atoms in total. The summed E-state index contributed by atoms with van der Waals surface area (Å²) < 4.78 is 1.84. The van der Waals surface area contributed by atoms with Crippen molar-refractivity contribution >= 4 is 5.97 Å². The Kier molecular flexibility index (Phi) is 2.76. The Hall–Kier alpha value is -1.32. The fourth-order valence-electron chi connectivity index (χ4n) is 2.11. The highest BCUT2D eigenvalue weighted by molar-refractivity contribution is 5.89. The zero-order valence-electron chi connectivity index (χ0n) is 10.9. The zero-order chi connectivity index (χ0) is 12.8. The van der Waals surface area contributed by atoms with Crippen LogP contribution in [0.4, 0.5) is 0 Å². The molecule has 17 heavy (non-hydrogen) atoms. The fraction of sp³-hybridized carbons (Fsp3) is 0.692. The van der Waals surface area contributed by atoms with Gasteiger partial charge in [-0.05, 0) is 25.7 Å². The second-order valence-electron chi connectivity index (χ2n) is 6.00. The maximum Gasteiger partial charge on any atom is 0.339 e. The molecule has 0 bridgehead atoms. The van der Waals surface area contributed by atoms with Gasteiger partial charge in [0.05, 0.1) is 11.7 Å². The van der Waals surface area contributed by atoms with Gasteiger partial charge in [0, 0.05) is 11.6 Å². The standard InChI is InChI=1S/C13H20N2O2/c1-8(9-5-6-9)15-7-10(12(16)17)11(14-15)13(2,3)4/h7-9H,5-6H2,1-4H3,(H,16,17). The SMILES string of the molecule is CC(C1CC1)n1cc(C(=O)O)c(C(C)(C)C)n1. The first-order valence-corrected chi connectivity index (χ1v) is 6.13. The van der Waals surface area contributed by atoms with E-state index in [0.29, 0.717) is 23.2 Å². The topological polar surface area (TPSA) is 55.1 Å². The van der Waals surface area contributed by atoms with E-state index in [4.69, 9.17) is 0 Å². The highest BCUT2D eigenvalue weighted by Crippen LogP contribution is 2.39. The Labute approximate surface area is 102 Å². The molecule has 1 heterocycles. The summed E-state index contributed by atoms with van der Waals surface area (Å²) in [5.74, 6) is -0.214. The van der Waals surface area contributed by atoms with Crippen LogP contribution in [-0.4, -0.2) is 20.9 Å². The number of rotatable bonds is 3. The molecule has 0 spiro atoms. The molecule has 0 radical (unpaired) electrons. The Bertz CT molecular complexity index is 439. The molecule has 0 aliphatic heterocycles. The van der Waals surface area contributed by atoms with Crippen molar-refractivity contribution in [1.82, 2.24) is 9.78 Å². The minimum absolute atomic E-state index is 0.234. The van der Waals surface area contributed by atoms with E-state index in [9.17, 15) is 9.90 Å². The van der Waals surface area contributed by atoms with Crippen molar-refractivity contribution in [1.29, 1.82) is 0 Å². The molecule has 1 unspecified atom stereocenters. The molecule has 0 amide bonds. The molecule has 1 aromatic rings. The summed E-state index contributed by atoms with van der Waals surface area (Å²) in [6.07, 6.45) is 4.15. The van der Waals surface area contributed by atoms with Crippen molar-refractivity contribution in [3.63, 3.8) is 0 Å². The Morgan fingerprint density at radius 2 is 2.12 bits per heavy atom. The molecule has 1 aliphatic carbocycles. The second kappa shape index (κ2) is 3.86. The second-order valence-corrected chi connectivity index (χ2v) is 6.00. The highest BCUT2D eigenvalue weighted by Gasteiger charge is 2.32. The van der Waals surface area contributed by atoms with E-state index in [1.807, 2.05) is 25.5 Å². The van der Waals surface area contributed by atoms with Crippen molar-refractivity contribution in [3.05, 3.63) is 17.5 Å². The van der Waals surface area contributed by atoms with E-state index in [0.717, 1.165) is 0 Å². The van der Waals surface area contributed by atoms with Crippen LogP contribution in [0.5, 0.6) is 0 Å². The molecule has 1 atom stereocenters. The lowest BCUT2D eigenvalue weighted by atomic mass is 9.90. The Morgan fingerprint density at radius 1 is 1.53 bits per heavy atom. The predicted octanol–water partition coefficient (Wildman–Crippen LogP) is 2.85. The van der Waals surface area contributed by atoms with Crippen molar-refractivity contribution in [2.75, 3.05) is 0 Å². The van der Waals surface area contributed by atoms with E-state index < -0.39 is 5.97 Å². The van der Waals surface area contributed by atoms with Gasteiger partial charge in [-0.3, -0.25) is 4.68 Å². The van der Waals surface area contributed by atoms with Crippen LogP contribution in [0.3, 0.4) is 0 Å². The average Bonchev–Trinajstić information content (AvgIpc) is 2.92. The minimum Gasteiger partial charge on any atom is -0.478 e. The van der Waals surface area contributed by atoms with Crippen LogP contribution in [0.1, 0.15) is 62.6 Å². The average molecular weight is 236 g/mol. The molecule has 1 fully saturated rings. The maximum absolute atomic E-state index is 11.2. The van der Waals surface area contributed by atoms with E-state index in [1.165, 1.54) is 12.8 Å². The van der Waals surface area contributed by atoms with Crippen molar-refractivity contribution < 1.29 is 9.90 Å². The largest absolute Gasteiger partial charge is 0.478 e. The molecule has 2 rings (SSSR count). The van der Waals surface area contributed by atoms with Gasteiger partial charge in [0.1, 0.15) is 5.56 Å². The van der Waals surface area contributed by atoms with E-state index in [1.54, 1.807) is 6.20 Å². The third-order valence-electron chi connectivity index (χ3n) is 3.39. The van der Waals surface area contributed by atoms with Crippen LogP contribution in [0.25, 0.3) is 0 Å². The van der Waals surface area contributed by atoms with Gasteiger partial charge in [-0.15, -0.1) is 0 Å². The van der Waals surface area contributed by atoms with E-state index in [-0.39, 0.29) is 5.41 Å². The van der Waals surface area contributed by atoms with Gasteiger partial charge in [-0.1, -0.05) is 20.8 Å². The van der Waals surface area contributed by atoms with Crippen molar-refractivity contribution in [2.24, 2.45) is 5.92 Å². The smallest absolute Gasteiger partial charge is 0.339 e. The summed E-state index contributed by atoms with van der Waals surface area (Å²) in [5.41, 5.74) is 0.782. The van der Waals surface area contributed by atoms with Gasteiger partial charge in [-0.2, -0.15) is 5.10 Å². The quantitative estimate of drug-likeness (QED) is 0.878. The van der Waals surface area contributed by atoms with Gasteiger partial charge in [0.2, 0.25) is 0 Å². The molecule has 1 N–H and O–H groups in total. The molecule has 0 aromatic carbocycles. The van der Waals surface area contributed by atoms with Crippen LogP contribution in [0.2, 0.25) is 0 Å². The van der Waals surface area contributed by atoms with Gasteiger partial charge in [0.25, 0.3) is 0 Å². The van der Waals surface area contributed by atoms with Crippen LogP contribution in [-0.2, 0) is 5.41 Å². The van der Waals surface area contributed by atoms with Crippen LogP contribution >= 0.6 is 0 Å². The van der Waals surface area contributed by atoms with Gasteiger partial charge in [-0.25, -0.2) is 4.79 Å². The molecular formula is C13H20N2O2. The van der Waals surface area contributed by atoms with Gasteiger partial charge < -0.3 is 5.11 Å². The number of carboxylic acid groups (broad SMARTS) is 1. The first-order chi connectivity index (χ1) is 7.80. The zero-order valence-corrected chi connectivity index (χ0v) is 10.9. The van der Waals surface area contributed by atoms with E-state index in [2.05, 4.69) is 12.0 Å². The molecule has 1 saturated carbocycles. The lowest BCUT2D eigenvalue weighted by molar-refractivity contribution is 0.0694. The molecule has 1 aliphatic rings. The highest BCUT2D eigenvalue weighted by atomic mass is 16.4. The number of nitrogens with zero attached hydrogens (tertiary/aromatic N) is 2. The van der Waals surface area contributed by atoms with Crippen LogP contribution in [0.15, 0.2) is 6.20 Å². The summed E-state index contributed by atoms with van der Waals surface area (Å²) in [5, 5.41) is 13.7. The number of carboxylic acids is 1. The number of hydrogen-bond acceptors (Lipinski definition) is 2. The lowest BCUT2D eigenvalue weighted by Gasteiger charge is -2.16. The molecule has 0 saturated heterocycles. The normalized spacial score (nSPS) is 18.1. The molecule has 4 heteroatoms. The summed E-state index contributed by atoms with van der Waals surface area (Å²) in [7, 11) is 0. The monoisotopic (exact) mass is 236 g/mol. The summed E-state index contributed by atoms with van der Waals surface area (Å²) in [6.45, 7) is 8.10. The first-order valence-electron chi connectivity index (χ1n) is 6.13. The summed E-state index contributed by atoms with van der Waals surface area (Å²) >= 11 is 0. The number of aromatic carboxylic acids is 1. The summed E-state index contributed by atoms with van der Waals surface area (Å²) in [6, 6.07) is 0.309. The van der Waals surface area contributed by atoms with Gasteiger partial charge in [0.15, 0.2) is 0 Å². The fourth-order valence-corrected chi connectivity index (χ4v) is 2.11. The van der Waals surface area contributed by atoms with Crippen LogP contribution < -0.4 is 0 Å². The van der Waals surface area contributed by atoms with E-state index >= 15 is 0 Å². The summed E-state index contributed by atoms with van der Waals surface area (Å²) in [4.78, 5) is 11.2. The number of aromatic nitrogens is 2. The Balaban J connectivity index is 2.40. The lowest BCUT2D eigenvalue weighted by Crippen LogP contribution is -2.17. The van der Waals surface area contributed by atoms with Crippen LogP contribution in [0, 0.1) is 5.92 Å². The third-order valence-corrected chi connectivity index (χ3v) is 3.39. The Morgan fingerprint density at radius 3 is 2.47 bits per heavy atom.